The maximum absolute atomic E-state index is 11.8. The van der Waals surface area contributed by atoms with E-state index in [0.717, 1.165) is 6.42 Å². The van der Waals surface area contributed by atoms with E-state index in [0.29, 0.717) is 5.78 Å². The summed E-state index contributed by atoms with van der Waals surface area (Å²) in [7, 11) is 0. The van der Waals surface area contributed by atoms with Crippen molar-refractivity contribution in [2.75, 3.05) is 0 Å². The molecule has 0 aliphatic heterocycles. The Morgan fingerprint density at radius 2 is 1.43 bits per heavy atom. The molecular weight excluding hydrogens is 172 g/mol. The van der Waals surface area contributed by atoms with Crippen LogP contribution in [0.1, 0.15) is 62.3 Å². The number of hydrogen-bond donors (Lipinski definition) is 0. The largest absolute Gasteiger partial charge is 0.299 e. The van der Waals surface area contributed by atoms with E-state index in [-0.39, 0.29) is 24.2 Å². The Morgan fingerprint density at radius 1 is 1.07 bits per heavy atom. The summed E-state index contributed by atoms with van der Waals surface area (Å²) in [6.07, 6.45) is 0.975. The number of ketones is 1. The van der Waals surface area contributed by atoms with Crippen molar-refractivity contribution in [3.05, 3.63) is 0 Å². The van der Waals surface area contributed by atoms with Crippen molar-refractivity contribution in [1.29, 1.82) is 0 Å². The number of rotatable bonds is 2. The van der Waals surface area contributed by atoms with Gasteiger partial charge in [0.25, 0.3) is 0 Å². The first-order valence-corrected chi connectivity index (χ1v) is 5.08. The molecule has 14 heavy (non-hydrogen) atoms. The Bertz CT molecular complexity index is 178. The Kier molecular flexibility index (Phi) is 5.70. The molecule has 0 N–H and O–H groups in total. The summed E-state index contributed by atoms with van der Waals surface area (Å²) in [6.45, 7) is 14.6. The topological polar surface area (TPSA) is 17.1 Å². The van der Waals surface area contributed by atoms with Gasteiger partial charge in [0.05, 0.1) is 0 Å². The molecule has 0 saturated heterocycles. The number of carbonyl (C=O) groups is 1. The minimum absolute atomic E-state index is 0. The molecule has 0 aromatic rings. The zero-order valence-corrected chi connectivity index (χ0v) is 10.2. The molecule has 1 heteroatoms. The molecule has 0 amide bonds. The molecule has 1 nitrogen and oxygen atoms in total. The monoisotopic (exact) mass is 200 g/mol. The van der Waals surface area contributed by atoms with Crippen LogP contribution < -0.4 is 0 Å². The van der Waals surface area contributed by atoms with Gasteiger partial charge in [-0.15, -0.1) is 0 Å². The molecule has 0 saturated carbocycles. The van der Waals surface area contributed by atoms with Crippen LogP contribution in [0.5, 0.6) is 0 Å². The van der Waals surface area contributed by atoms with Crippen LogP contribution in [-0.2, 0) is 4.79 Å². The van der Waals surface area contributed by atoms with E-state index in [1.54, 1.807) is 0 Å². The lowest BCUT2D eigenvalue weighted by molar-refractivity contribution is -0.130. The normalized spacial score (nSPS) is 14.5. The van der Waals surface area contributed by atoms with Crippen LogP contribution in [0.2, 0.25) is 0 Å². The third kappa shape index (κ3) is 6.17. The average Bonchev–Trinajstić information content (AvgIpc) is 1.79. The van der Waals surface area contributed by atoms with Crippen LogP contribution in [0.15, 0.2) is 0 Å². The van der Waals surface area contributed by atoms with Crippen molar-refractivity contribution in [3.8, 4) is 0 Å². The summed E-state index contributed by atoms with van der Waals surface area (Å²) in [6, 6.07) is 0. The fraction of sp³-hybridized carbons (Fsp3) is 0.923. The van der Waals surface area contributed by atoms with Crippen LogP contribution in [0.25, 0.3) is 0 Å². The van der Waals surface area contributed by atoms with Crippen LogP contribution in [-0.4, -0.2) is 5.78 Å². The van der Waals surface area contributed by atoms with Gasteiger partial charge in [-0.05, 0) is 11.8 Å². The van der Waals surface area contributed by atoms with E-state index in [2.05, 4.69) is 20.8 Å². The van der Waals surface area contributed by atoms with E-state index in [9.17, 15) is 4.79 Å². The second kappa shape index (κ2) is 4.95. The smallest absolute Gasteiger partial charge is 0.141 e. The first-order chi connectivity index (χ1) is 5.54. The summed E-state index contributed by atoms with van der Waals surface area (Å²) < 4.78 is 0. The zero-order chi connectivity index (χ0) is 10.9. The fourth-order valence-electron chi connectivity index (χ4n) is 1.75. The van der Waals surface area contributed by atoms with Crippen molar-refractivity contribution in [2.45, 2.75) is 62.3 Å². The Hall–Kier alpha value is -0.330. The molecule has 0 heterocycles. The van der Waals surface area contributed by atoms with Crippen molar-refractivity contribution >= 4 is 5.78 Å². The Labute approximate surface area is 90.3 Å². The summed E-state index contributed by atoms with van der Waals surface area (Å²) in [5, 5.41) is 0. The molecule has 0 aromatic heterocycles. The highest BCUT2D eigenvalue weighted by Crippen LogP contribution is 2.29. The summed E-state index contributed by atoms with van der Waals surface area (Å²) in [4.78, 5) is 11.8. The van der Waals surface area contributed by atoms with Gasteiger partial charge in [0.2, 0.25) is 0 Å². The lowest BCUT2D eigenvalue weighted by Crippen LogP contribution is -2.29. The van der Waals surface area contributed by atoms with Crippen molar-refractivity contribution < 1.29 is 4.79 Å². The van der Waals surface area contributed by atoms with E-state index in [1.165, 1.54) is 0 Å². The minimum Gasteiger partial charge on any atom is -0.299 e. The minimum atomic E-state index is -0.190. The molecule has 86 valence electrons. The predicted molar refractivity (Wildman–Crippen MR) is 64.4 cm³/mol. The molecule has 1 atom stereocenters. The lowest BCUT2D eigenvalue weighted by Gasteiger charge is -2.27. The van der Waals surface area contributed by atoms with Gasteiger partial charge >= 0.3 is 0 Å². The third-order valence-corrected chi connectivity index (χ3v) is 2.11. The second-order valence-corrected chi connectivity index (χ2v) is 6.28. The SMILES string of the molecule is C.C[C@H](CC(C)(C)C)C(=O)C(C)(C)C. The van der Waals surface area contributed by atoms with Crippen molar-refractivity contribution in [2.24, 2.45) is 16.7 Å². The van der Waals surface area contributed by atoms with Crippen LogP contribution in [0, 0.1) is 16.7 Å². The van der Waals surface area contributed by atoms with Gasteiger partial charge < -0.3 is 0 Å². The molecule has 0 bridgehead atoms. The maximum atomic E-state index is 11.8. The van der Waals surface area contributed by atoms with Crippen LogP contribution in [0.4, 0.5) is 0 Å². The maximum Gasteiger partial charge on any atom is 0.141 e. The highest BCUT2D eigenvalue weighted by atomic mass is 16.1. The molecule has 0 unspecified atom stereocenters. The van der Waals surface area contributed by atoms with Gasteiger partial charge in [-0.2, -0.15) is 0 Å². The first kappa shape index (κ1) is 16.1. The van der Waals surface area contributed by atoms with E-state index in [1.807, 2.05) is 27.7 Å². The van der Waals surface area contributed by atoms with Gasteiger partial charge in [-0.25, -0.2) is 0 Å². The Balaban J connectivity index is 0. The summed E-state index contributed by atoms with van der Waals surface area (Å²) in [5.41, 5.74) is 0.0605. The van der Waals surface area contributed by atoms with Crippen LogP contribution >= 0.6 is 0 Å². The second-order valence-electron chi connectivity index (χ2n) is 6.28. The summed E-state index contributed by atoms with van der Waals surface area (Å²) in [5.74, 6) is 0.558. The van der Waals surface area contributed by atoms with Gasteiger partial charge in [0, 0.05) is 11.3 Å². The average molecular weight is 200 g/mol. The number of hydrogen-bond acceptors (Lipinski definition) is 1. The Morgan fingerprint density at radius 3 is 1.64 bits per heavy atom. The van der Waals surface area contributed by atoms with Gasteiger partial charge in [0.1, 0.15) is 5.78 Å². The molecule has 0 spiro atoms. The molecule has 0 fully saturated rings. The quantitative estimate of drug-likeness (QED) is 0.649. The van der Waals surface area contributed by atoms with Crippen molar-refractivity contribution in [1.82, 2.24) is 0 Å². The van der Waals surface area contributed by atoms with E-state index >= 15 is 0 Å². The molecular formula is C13H28O. The first-order valence-electron chi connectivity index (χ1n) is 5.08. The molecule has 0 aromatic carbocycles. The standard InChI is InChI=1S/C12H24O.CH4/c1-9(8-11(2,3)4)10(13)12(5,6)7;/h9H,8H2,1-7H3;1H4/t9-;/m1./s1. The molecule has 0 radical (unpaired) electrons. The predicted octanol–water partition coefficient (Wildman–Crippen LogP) is 4.31. The zero-order valence-electron chi connectivity index (χ0n) is 10.2. The number of Topliss-reactive ketones (excluding diaryl/α,β-unsaturated/α-hetero) is 1. The third-order valence-electron chi connectivity index (χ3n) is 2.11. The molecule has 0 aliphatic carbocycles. The van der Waals surface area contributed by atoms with Gasteiger partial charge in [-0.3, -0.25) is 4.79 Å². The van der Waals surface area contributed by atoms with E-state index < -0.39 is 0 Å². The summed E-state index contributed by atoms with van der Waals surface area (Å²) >= 11 is 0. The number of carbonyl (C=O) groups excluding carboxylic acids is 1. The van der Waals surface area contributed by atoms with Gasteiger partial charge in [-0.1, -0.05) is 55.9 Å². The fourth-order valence-corrected chi connectivity index (χ4v) is 1.75. The molecule has 0 rings (SSSR count). The highest BCUT2D eigenvalue weighted by molar-refractivity contribution is 5.85. The molecule has 0 aliphatic rings. The van der Waals surface area contributed by atoms with Crippen molar-refractivity contribution in [3.63, 3.8) is 0 Å². The van der Waals surface area contributed by atoms with E-state index in [4.69, 9.17) is 0 Å². The highest BCUT2D eigenvalue weighted by Gasteiger charge is 2.29. The van der Waals surface area contributed by atoms with Crippen LogP contribution in [0.3, 0.4) is 0 Å². The lowest BCUT2D eigenvalue weighted by atomic mass is 9.77. The van der Waals surface area contributed by atoms with Gasteiger partial charge in [0.15, 0.2) is 0 Å².